The summed E-state index contributed by atoms with van der Waals surface area (Å²) in [6.07, 6.45) is 0. The number of hydrogen-bond acceptors (Lipinski definition) is 8. The SMILES string of the molecule is O=C([O-])C(O)SSC(O)C(=O)[O-]. The van der Waals surface area contributed by atoms with Crippen LogP contribution in [0.1, 0.15) is 0 Å². The first-order valence-corrected chi connectivity index (χ1v) is 4.82. The van der Waals surface area contributed by atoms with Gasteiger partial charge in [0.2, 0.25) is 0 Å². The second kappa shape index (κ2) is 5.25. The molecular weight excluding hydrogens is 208 g/mol. The van der Waals surface area contributed by atoms with Gasteiger partial charge in [0.25, 0.3) is 0 Å². The van der Waals surface area contributed by atoms with Crippen LogP contribution in [0, 0.1) is 0 Å². The molecule has 8 heteroatoms. The molecule has 0 bridgehead atoms. The van der Waals surface area contributed by atoms with Crippen LogP contribution in [-0.4, -0.2) is 33.0 Å². The van der Waals surface area contributed by atoms with Crippen molar-refractivity contribution in [1.29, 1.82) is 0 Å². The molecule has 2 unspecified atom stereocenters. The lowest BCUT2D eigenvalue weighted by Gasteiger charge is -2.13. The predicted molar refractivity (Wildman–Crippen MR) is 37.2 cm³/mol. The van der Waals surface area contributed by atoms with E-state index in [9.17, 15) is 19.8 Å². The summed E-state index contributed by atoms with van der Waals surface area (Å²) in [4.78, 5) is 19.7. The highest BCUT2D eigenvalue weighted by atomic mass is 33.1. The molecule has 0 aliphatic rings. The van der Waals surface area contributed by atoms with E-state index >= 15 is 0 Å². The van der Waals surface area contributed by atoms with Crippen LogP contribution in [0.15, 0.2) is 0 Å². The molecular formula is C4H4O6S2-2. The van der Waals surface area contributed by atoms with Crippen LogP contribution >= 0.6 is 21.6 Å². The smallest absolute Gasteiger partial charge is 0.149 e. The molecule has 0 aliphatic carbocycles. The third-order valence-electron chi connectivity index (χ3n) is 0.641. The minimum Gasteiger partial charge on any atom is -0.546 e. The second-order valence-electron chi connectivity index (χ2n) is 1.54. The minimum atomic E-state index is -1.87. The fourth-order valence-electron chi connectivity index (χ4n) is 0.184. The van der Waals surface area contributed by atoms with Crippen molar-refractivity contribution in [3.63, 3.8) is 0 Å². The Morgan fingerprint density at radius 3 is 1.42 bits per heavy atom. The largest absolute Gasteiger partial charge is 0.546 e. The Labute approximate surface area is 75.0 Å². The highest BCUT2D eigenvalue weighted by Gasteiger charge is 2.11. The summed E-state index contributed by atoms with van der Waals surface area (Å²) in [6, 6.07) is 0. The second-order valence-corrected chi connectivity index (χ2v) is 3.97. The van der Waals surface area contributed by atoms with Crippen molar-refractivity contribution < 1.29 is 30.0 Å². The van der Waals surface area contributed by atoms with Crippen molar-refractivity contribution in [2.75, 3.05) is 0 Å². The fourth-order valence-corrected chi connectivity index (χ4v) is 1.65. The van der Waals surface area contributed by atoms with Crippen LogP contribution in [0.4, 0.5) is 0 Å². The lowest BCUT2D eigenvalue weighted by Crippen LogP contribution is -2.35. The molecule has 0 aromatic carbocycles. The van der Waals surface area contributed by atoms with Crippen LogP contribution < -0.4 is 10.2 Å². The molecule has 6 nitrogen and oxygen atoms in total. The minimum absolute atomic E-state index is 0.260. The van der Waals surface area contributed by atoms with Crippen LogP contribution in [0.25, 0.3) is 0 Å². The highest BCUT2D eigenvalue weighted by Crippen LogP contribution is 2.28. The quantitative estimate of drug-likeness (QED) is 0.356. The summed E-state index contributed by atoms with van der Waals surface area (Å²) >= 11 is 0. The van der Waals surface area contributed by atoms with E-state index in [1.54, 1.807) is 0 Å². The van der Waals surface area contributed by atoms with Gasteiger partial charge in [0.05, 0.1) is 11.9 Å². The van der Waals surface area contributed by atoms with Gasteiger partial charge in [-0.3, -0.25) is 0 Å². The normalized spacial score (nSPS) is 15.2. The van der Waals surface area contributed by atoms with Crippen LogP contribution in [-0.2, 0) is 9.59 Å². The van der Waals surface area contributed by atoms with E-state index in [1.165, 1.54) is 0 Å². The first-order chi connectivity index (χ1) is 5.45. The van der Waals surface area contributed by atoms with E-state index < -0.39 is 22.8 Å². The van der Waals surface area contributed by atoms with Crippen LogP contribution in [0.2, 0.25) is 0 Å². The zero-order valence-electron chi connectivity index (χ0n) is 5.50. The molecule has 0 aliphatic heterocycles. The first-order valence-electron chi connectivity index (χ1n) is 2.55. The molecule has 0 radical (unpaired) electrons. The number of rotatable bonds is 5. The van der Waals surface area contributed by atoms with Gasteiger partial charge in [-0.1, -0.05) is 21.6 Å². The number of hydrogen-bond donors (Lipinski definition) is 2. The number of aliphatic carboxylic acids is 2. The topological polar surface area (TPSA) is 121 Å². The Hall–Kier alpha value is -0.440. The van der Waals surface area contributed by atoms with E-state index in [0.29, 0.717) is 0 Å². The van der Waals surface area contributed by atoms with E-state index in [-0.39, 0.29) is 21.6 Å². The summed E-state index contributed by atoms with van der Waals surface area (Å²) in [6.45, 7) is 0. The predicted octanol–water partition coefficient (Wildman–Crippen LogP) is -3.50. The van der Waals surface area contributed by atoms with Gasteiger partial charge < -0.3 is 30.0 Å². The summed E-state index contributed by atoms with van der Waals surface area (Å²) in [5, 5.41) is 36.7. The van der Waals surface area contributed by atoms with Gasteiger partial charge in [-0.15, -0.1) is 0 Å². The third kappa shape index (κ3) is 4.44. The van der Waals surface area contributed by atoms with Crippen molar-refractivity contribution in [3.8, 4) is 0 Å². The third-order valence-corrected chi connectivity index (χ3v) is 2.93. The van der Waals surface area contributed by atoms with Crippen LogP contribution in [0.5, 0.6) is 0 Å². The molecule has 0 heterocycles. The average molecular weight is 212 g/mol. The van der Waals surface area contributed by atoms with Crippen molar-refractivity contribution in [2.45, 2.75) is 10.9 Å². The zero-order valence-corrected chi connectivity index (χ0v) is 7.13. The zero-order chi connectivity index (χ0) is 9.72. The Balaban J connectivity index is 3.68. The number of aliphatic hydroxyl groups is 2. The van der Waals surface area contributed by atoms with Crippen molar-refractivity contribution in [3.05, 3.63) is 0 Å². The number of carboxylic acid groups (broad SMARTS) is 2. The molecule has 0 saturated heterocycles. The molecule has 0 saturated carbocycles. The monoisotopic (exact) mass is 212 g/mol. The number of carboxylic acids is 2. The molecule has 2 atom stereocenters. The number of aliphatic hydroxyl groups excluding tert-OH is 2. The lowest BCUT2D eigenvalue weighted by atomic mass is 10.7. The summed E-state index contributed by atoms with van der Waals surface area (Å²) in [5.41, 5.74) is -3.74. The van der Waals surface area contributed by atoms with E-state index in [1.807, 2.05) is 0 Å². The van der Waals surface area contributed by atoms with Gasteiger partial charge in [0.15, 0.2) is 0 Å². The van der Waals surface area contributed by atoms with Gasteiger partial charge in [-0.2, -0.15) is 0 Å². The Morgan fingerprint density at radius 2 is 1.25 bits per heavy atom. The standard InChI is InChI=1S/C4H6O6S2/c5-1(6)3(9)11-12-4(10)2(7)8/h3-4,9-10H,(H,5,6)(H,7,8)/p-2. The van der Waals surface area contributed by atoms with Gasteiger partial charge >= 0.3 is 0 Å². The maximum Gasteiger partial charge on any atom is 0.149 e. The molecule has 70 valence electrons. The molecule has 0 amide bonds. The number of carbonyl (C=O) groups excluding carboxylic acids is 2. The Kier molecular flexibility index (Phi) is 5.06. The van der Waals surface area contributed by atoms with Gasteiger partial charge in [0.1, 0.15) is 10.9 Å². The van der Waals surface area contributed by atoms with Gasteiger partial charge in [0, 0.05) is 0 Å². The Bertz CT molecular complexity index is 162. The molecule has 0 rings (SSSR count). The summed E-state index contributed by atoms with van der Waals surface area (Å²) in [5.74, 6) is -3.50. The van der Waals surface area contributed by atoms with E-state index in [2.05, 4.69) is 0 Å². The summed E-state index contributed by atoms with van der Waals surface area (Å²) < 4.78 is 0. The van der Waals surface area contributed by atoms with Crippen molar-refractivity contribution in [2.24, 2.45) is 0 Å². The van der Waals surface area contributed by atoms with Crippen molar-refractivity contribution in [1.82, 2.24) is 0 Å². The van der Waals surface area contributed by atoms with Crippen LogP contribution in [0.3, 0.4) is 0 Å². The maximum absolute atomic E-state index is 9.84. The van der Waals surface area contributed by atoms with E-state index in [4.69, 9.17) is 10.2 Å². The molecule has 0 aromatic heterocycles. The Morgan fingerprint density at radius 1 is 1.00 bits per heavy atom. The molecule has 12 heavy (non-hydrogen) atoms. The van der Waals surface area contributed by atoms with E-state index in [0.717, 1.165) is 0 Å². The summed E-state index contributed by atoms with van der Waals surface area (Å²) in [7, 11) is 0.521. The lowest BCUT2D eigenvalue weighted by molar-refractivity contribution is -0.311. The first kappa shape index (κ1) is 11.6. The molecule has 0 spiro atoms. The molecule has 2 N–H and O–H groups in total. The average Bonchev–Trinajstić information content (AvgIpc) is 1.98. The maximum atomic E-state index is 9.84. The van der Waals surface area contributed by atoms with Gasteiger partial charge in [-0.05, 0) is 0 Å². The van der Waals surface area contributed by atoms with Gasteiger partial charge in [-0.25, -0.2) is 0 Å². The van der Waals surface area contributed by atoms with Crippen molar-refractivity contribution >= 4 is 33.5 Å². The molecule has 0 fully saturated rings. The molecule has 0 aromatic rings. The number of carbonyl (C=O) groups is 2. The highest BCUT2D eigenvalue weighted by molar-refractivity contribution is 8.77. The fraction of sp³-hybridized carbons (Fsp3) is 0.500.